The predicted molar refractivity (Wildman–Crippen MR) is 100 cm³/mol. The van der Waals surface area contributed by atoms with Crippen LogP contribution >= 0.6 is 0 Å². The quantitative estimate of drug-likeness (QED) is 0.771. The van der Waals surface area contributed by atoms with Crippen molar-refractivity contribution in [2.45, 2.75) is 39.5 Å². The Balaban J connectivity index is 1.73. The van der Waals surface area contributed by atoms with Crippen LogP contribution in [0.5, 0.6) is 17.2 Å². The smallest absolute Gasteiger partial charge is 0.133 e. The minimum atomic E-state index is 0.338. The van der Waals surface area contributed by atoms with Crippen molar-refractivity contribution in [3.63, 3.8) is 0 Å². The van der Waals surface area contributed by atoms with E-state index in [-0.39, 0.29) is 0 Å². The molecule has 1 aliphatic rings. The van der Waals surface area contributed by atoms with Gasteiger partial charge in [0, 0.05) is 18.9 Å². The second-order valence-corrected chi connectivity index (χ2v) is 6.97. The van der Waals surface area contributed by atoms with Gasteiger partial charge in [-0.3, -0.25) is 0 Å². The van der Waals surface area contributed by atoms with Crippen molar-refractivity contribution in [3.05, 3.63) is 47.0 Å². The number of aryl methyl sites for hydroxylation is 3. The first kappa shape index (κ1) is 17.6. The molecule has 0 bridgehead atoms. The molecular formula is C21H27NO3. The Hall–Kier alpha value is -2.20. The summed E-state index contributed by atoms with van der Waals surface area (Å²) in [5.41, 5.74) is 9.58. The van der Waals surface area contributed by atoms with Crippen LogP contribution in [0.3, 0.4) is 0 Å². The molecule has 0 saturated carbocycles. The molecule has 1 fully saturated rings. The van der Waals surface area contributed by atoms with Gasteiger partial charge in [-0.1, -0.05) is 0 Å². The van der Waals surface area contributed by atoms with Crippen LogP contribution in [0.15, 0.2) is 30.3 Å². The normalized spacial score (nSPS) is 15.3. The summed E-state index contributed by atoms with van der Waals surface area (Å²) in [6.45, 7) is 5.70. The van der Waals surface area contributed by atoms with Crippen molar-refractivity contribution in [3.8, 4) is 17.2 Å². The number of nitrogen functional groups attached to an aromatic ring is 1. The molecule has 4 nitrogen and oxygen atoms in total. The molecule has 1 heterocycles. The van der Waals surface area contributed by atoms with E-state index in [4.69, 9.17) is 15.2 Å². The molecule has 1 saturated heterocycles. The Bertz CT molecular complexity index is 713. The number of hydrogen-bond acceptors (Lipinski definition) is 4. The highest BCUT2D eigenvalue weighted by Gasteiger charge is 2.15. The summed E-state index contributed by atoms with van der Waals surface area (Å²) in [5.74, 6) is 2.59. The van der Waals surface area contributed by atoms with E-state index in [9.17, 15) is 5.11 Å². The van der Waals surface area contributed by atoms with E-state index in [0.29, 0.717) is 11.7 Å². The number of phenolic OH excluding ortho intramolecular Hbond substituents is 1. The summed E-state index contributed by atoms with van der Waals surface area (Å²) in [4.78, 5) is 0. The highest BCUT2D eigenvalue weighted by atomic mass is 16.5. The molecule has 134 valence electrons. The second-order valence-electron chi connectivity index (χ2n) is 6.97. The maximum atomic E-state index is 10.2. The van der Waals surface area contributed by atoms with Crippen molar-refractivity contribution >= 4 is 5.69 Å². The first-order valence-corrected chi connectivity index (χ1v) is 8.97. The van der Waals surface area contributed by atoms with E-state index >= 15 is 0 Å². The maximum absolute atomic E-state index is 10.2. The molecule has 2 aromatic rings. The second kappa shape index (κ2) is 7.79. The highest BCUT2D eigenvalue weighted by Crippen LogP contribution is 2.33. The fourth-order valence-corrected chi connectivity index (χ4v) is 3.48. The molecule has 1 aliphatic heterocycles. The molecule has 0 spiro atoms. The lowest BCUT2D eigenvalue weighted by molar-refractivity contribution is 0.0640. The average molecular weight is 341 g/mol. The number of phenols is 1. The fraction of sp³-hybridized carbons (Fsp3) is 0.429. The number of aromatic hydroxyl groups is 1. The molecule has 4 heteroatoms. The van der Waals surface area contributed by atoms with Crippen molar-refractivity contribution < 1.29 is 14.6 Å². The molecule has 25 heavy (non-hydrogen) atoms. The first-order chi connectivity index (χ1) is 12.0. The molecular weight excluding hydrogens is 314 g/mol. The van der Waals surface area contributed by atoms with Crippen LogP contribution in [0.25, 0.3) is 0 Å². The van der Waals surface area contributed by atoms with E-state index < -0.39 is 0 Å². The SMILES string of the molecule is Cc1cc(N)cc(C)c1Oc1ccc(O)c(CCC2CCOCC2)c1. The molecule has 0 aromatic heterocycles. The van der Waals surface area contributed by atoms with Gasteiger partial charge in [-0.05, 0) is 92.5 Å². The van der Waals surface area contributed by atoms with Crippen molar-refractivity contribution in [1.82, 2.24) is 0 Å². The summed E-state index contributed by atoms with van der Waals surface area (Å²) in [7, 11) is 0. The average Bonchev–Trinajstić information content (AvgIpc) is 2.59. The van der Waals surface area contributed by atoms with Crippen LogP contribution in [-0.4, -0.2) is 18.3 Å². The first-order valence-electron chi connectivity index (χ1n) is 8.97. The lowest BCUT2D eigenvalue weighted by Gasteiger charge is -2.22. The summed E-state index contributed by atoms with van der Waals surface area (Å²) < 4.78 is 11.5. The van der Waals surface area contributed by atoms with Gasteiger partial charge in [0.1, 0.15) is 17.2 Å². The molecule has 3 N–H and O–H groups in total. The minimum Gasteiger partial charge on any atom is -0.508 e. The third-order valence-electron chi connectivity index (χ3n) is 4.92. The summed E-state index contributed by atoms with van der Waals surface area (Å²) in [6.07, 6.45) is 4.15. The zero-order chi connectivity index (χ0) is 17.8. The van der Waals surface area contributed by atoms with E-state index in [2.05, 4.69) is 0 Å². The van der Waals surface area contributed by atoms with Gasteiger partial charge < -0.3 is 20.3 Å². The van der Waals surface area contributed by atoms with Gasteiger partial charge in [-0.15, -0.1) is 0 Å². The Morgan fingerprint density at radius 3 is 2.48 bits per heavy atom. The topological polar surface area (TPSA) is 64.7 Å². The number of benzene rings is 2. The van der Waals surface area contributed by atoms with Crippen LogP contribution < -0.4 is 10.5 Å². The van der Waals surface area contributed by atoms with Crippen molar-refractivity contribution in [1.29, 1.82) is 0 Å². The Kier molecular flexibility index (Phi) is 5.49. The van der Waals surface area contributed by atoms with Crippen LogP contribution in [0.2, 0.25) is 0 Å². The lowest BCUT2D eigenvalue weighted by atomic mass is 9.92. The molecule has 2 aromatic carbocycles. The zero-order valence-corrected chi connectivity index (χ0v) is 15.0. The van der Waals surface area contributed by atoms with Crippen LogP contribution in [0.1, 0.15) is 36.0 Å². The minimum absolute atomic E-state index is 0.338. The van der Waals surface area contributed by atoms with Gasteiger partial charge in [0.15, 0.2) is 0 Å². The monoisotopic (exact) mass is 341 g/mol. The largest absolute Gasteiger partial charge is 0.508 e. The summed E-state index contributed by atoms with van der Waals surface area (Å²) in [6, 6.07) is 9.30. The van der Waals surface area contributed by atoms with E-state index in [0.717, 1.165) is 72.8 Å². The van der Waals surface area contributed by atoms with Gasteiger partial charge >= 0.3 is 0 Å². The number of anilines is 1. The van der Waals surface area contributed by atoms with E-state index in [1.54, 1.807) is 6.07 Å². The van der Waals surface area contributed by atoms with Gasteiger partial charge in [0.2, 0.25) is 0 Å². The molecule has 0 unspecified atom stereocenters. The zero-order valence-electron chi connectivity index (χ0n) is 15.0. The Morgan fingerprint density at radius 2 is 1.80 bits per heavy atom. The number of rotatable bonds is 5. The van der Waals surface area contributed by atoms with Gasteiger partial charge in [0.25, 0.3) is 0 Å². The van der Waals surface area contributed by atoms with Crippen molar-refractivity contribution in [2.75, 3.05) is 18.9 Å². The molecule has 0 aliphatic carbocycles. The van der Waals surface area contributed by atoms with Gasteiger partial charge in [-0.2, -0.15) is 0 Å². The lowest BCUT2D eigenvalue weighted by Crippen LogP contribution is -2.16. The molecule has 0 radical (unpaired) electrons. The van der Waals surface area contributed by atoms with Crippen LogP contribution in [-0.2, 0) is 11.2 Å². The standard InChI is InChI=1S/C21H27NO3/c1-14-11-18(22)12-15(2)21(14)25-19-5-6-20(23)17(13-19)4-3-16-7-9-24-10-8-16/h5-6,11-13,16,23H,3-4,7-10,22H2,1-2H3. The molecule has 3 rings (SSSR count). The van der Waals surface area contributed by atoms with Crippen LogP contribution in [0.4, 0.5) is 5.69 Å². The number of nitrogens with two attached hydrogens (primary N) is 1. The van der Waals surface area contributed by atoms with Gasteiger partial charge in [-0.25, -0.2) is 0 Å². The van der Waals surface area contributed by atoms with Crippen LogP contribution in [0, 0.1) is 19.8 Å². The Labute approximate surface area is 149 Å². The van der Waals surface area contributed by atoms with E-state index in [1.807, 2.05) is 38.1 Å². The third kappa shape index (κ3) is 4.45. The molecule has 0 amide bonds. The summed E-state index contributed by atoms with van der Waals surface area (Å²) >= 11 is 0. The van der Waals surface area contributed by atoms with Crippen molar-refractivity contribution in [2.24, 2.45) is 5.92 Å². The number of hydrogen-bond donors (Lipinski definition) is 2. The Morgan fingerprint density at radius 1 is 1.12 bits per heavy atom. The highest BCUT2D eigenvalue weighted by molar-refractivity contribution is 5.54. The predicted octanol–water partition coefficient (Wildman–Crippen LogP) is 4.74. The third-order valence-corrected chi connectivity index (χ3v) is 4.92. The molecule has 0 atom stereocenters. The maximum Gasteiger partial charge on any atom is 0.133 e. The number of ether oxygens (including phenoxy) is 2. The summed E-state index contributed by atoms with van der Waals surface area (Å²) in [5, 5.41) is 10.2. The van der Waals surface area contributed by atoms with Gasteiger partial charge in [0.05, 0.1) is 0 Å². The fourth-order valence-electron chi connectivity index (χ4n) is 3.48. The van der Waals surface area contributed by atoms with E-state index in [1.165, 1.54) is 0 Å².